The maximum absolute atomic E-state index is 9.89. The van der Waals surface area contributed by atoms with E-state index in [9.17, 15) is 5.11 Å². The maximum Gasteiger partial charge on any atom is 0.0827 e. The lowest BCUT2D eigenvalue weighted by Crippen LogP contribution is -2.02. The molecule has 3 nitrogen and oxygen atoms in total. The van der Waals surface area contributed by atoms with Crippen molar-refractivity contribution in [2.24, 2.45) is 0 Å². The molecule has 0 aliphatic rings. The van der Waals surface area contributed by atoms with Crippen LogP contribution in [0.1, 0.15) is 18.1 Å². The van der Waals surface area contributed by atoms with Gasteiger partial charge < -0.3 is 9.84 Å². The number of methoxy groups -OCH3 is 1. The van der Waals surface area contributed by atoms with E-state index in [4.69, 9.17) is 4.74 Å². The van der Waals surface area contributed by atoms with Crippen molar-refractivity contribution in [2.45, 2.75) is 12.5 Å². The van der Waals surface area contributed by atoms with Gasteiger partial charge >= 0.3 is 0 Å². The number of benzene rings is 1. The molecule has 84 valence electrons. The van der Waals surface area contributed by atoms with Gasteiger partial charge in [0.1, 0.15) is 0 Å². The van der Waals surface area contributed by atoms with Crippen LogP contribution in [0.15, 0.2) is 36.5 Å². The monoisotopic (exact) mass is 217 g/mol. The second-order valence-corrected chi connectivity index (χ2v) is 3.76. The van der Waals surface area contributed by atoms with E-state index in [2.05, 4.69) is 4.98 Å². The SMILES string of the molecule is COCCC(O)c1cnc2ccccc2c1. The number of hydrogen-bond donors (Lipinski definition) is 1. The normalized spacial score (nSPS) is 12.9. The minimum absolute atomic E-state index is 0.503. The Morgan fingerprint density at radius 1 is 1.38 bits per heavy atom. The number of para-hydroxylation sites is 1. The largest absolute Gasteiger partial charge is 0.388 e. The van der Waals surface area contributed by atoms with Gasteiger partial charge in [0.25, 0.3) is 0 Å². The molecule has 2 rings (SSSR count). The average Bonchev–Trinajstić information content (AvgIpc) is 2.35. The van der Waals surface area contributed by atoms with Gasteiger partial charge in [0, 0.05) is 31.7 Å². The van der Waals surface area contributed by atoms with Gasteiger partial charge in [-0.2, -0.15) is 0 Å². The minimum atomic E-state index is -0.503. The summed E-state index contributed by atoms with van der Waals surface area (Å²) in [4.78, 5) is 4.31. The summed E-state index contributed by atoms with van der Waals surface area (Å²) in [6, 6.07) is 9.85. The summed E-state index contributed by atoms with van der Waals surface area (Å²) < 4.78 is 4.94. The van der Waals surface area contributed by atoms with Crippen molar-refractivity contribution >= 4 is 10.9 Å². The molecule has 0 aliphatic carbocycles. The van der Waals surface area contributed by atoms with Gasteiger partial charge in [-0.05, 0) is 17.7 Å². The lowest BCUT2D eigenvalue weighted by atomic mass is 10.1. The van der Waals surface area contributed by atoms with Crippen LogP contribution >= 0.6 is 0 Å². The van der Waals surface area contributed by atoms with Crippen molar-refractivity contribution in [3.8, 4) is 0 Å². The number of aliphatic hydroxyl groups excluding tert-OH is 1. The third-order valence-electron chi connectivity index (χ3n) is 2.59. The van der Waals surface area contributed by atoms with E-state index in [1.165, 1.54) is 0 Å². The Bertz CT molecular complexity index is 470. The average molecular weight is 217 g/mol. The number of aliphatic hydroxyl groups is 1. The van der Waals surface area contributed by atoms with Crippen LogP contribution in [0.2, 0.25) is 0 Å². The predicted octanol–water partition coefficient (Wildman–Crippen LogP) is 2.30. The molecule has 0 aliphatic heterocycles. The summed E-state index contributed by atoms with van der Waals surface area (Å²) in [5.41, 5.74) is 1.79. The lowest BCUT2D eigenvalue weighted by molar-refractivity contribution is 0.110. The first-order valence-corrected chi connectivity index (χ1v) is 5.33. The molecular formula is C13H15NO2. The van der Waals surface area contributed by atoms with Gasteiger partial charge in [-0.3, -0.25) is 4.98 Å². The van der Waals surface area contributed by atoms with E-state index in [-0.39, 0.29) is 0 Å². The van der Waals surface area contributed by atoms with Crippen LogP contribution in [0, 0.1) is 0 Å². The summed E-state index contributed by atoms with van der Waals surface area (Å²) in [6.07, 6.45) is 1.82. The predicted molar refractivity (Wildman–Crippen MR) is 63.2 cm³/mol. The molecule has 0 radical (unpaired) electrons. The number of hydrogen-bond acceptors (Lipinski definition) is 3. The Morgan fingerprint density at radius 3 is 3.00 bits per heavy atom. The minimum Gasteiger partial charge on any atom is -0.388 e. The van der Waals surface area contributed by atoms with Crippen LogP contribution < -0.4 is 0 Å². The highest BCUT2D eigenvalue weighted by Gasteiger charge is 2.08. The van der Waals surface area contributed by atoms with Gasteiger partial charge in [0.2, 0.25) is 0 Å². The summed E-state index contributed by atoms with van der Waals surface area (Å²) in [6.45, 7) is 0.550. The molecule has 1 aromatic heterocycles. The van der Waals surface area contributed by atoms with Crippen molar-refractivity contribution in [3.05, 3.63) is 42.1 Å². The van der Waals surface area contributed by atoms with Crippen LogP contribution in [-0.2, 0) is 4.74 Å². The zero-order chi connectivity index (χ0) is 11.4. The van der Waals surface area contributed by atoms with Crippen molar-refractivity contribution in [1.82, 2.24) is 4.98 Å². The number of aromatic nitrogens is 1. The first kappa shape index (κ1) is 11.0. The maximum atomic E-state index is 9.89. The molecule has 1 N–H and O–H groups in total. The molecule has 0 saturated heterocycles. The second kappa shape index (κ2) is 5.05. The van der Waals surface area contributed by atoms with E-state index in [0.717, 1.165) is 16.5 Å². The lowest BCUT2D eigenvalue weighted by Gasteiger charge is -2.10. The molecule has 0 bridgehead atoms. The standard InChI is InChI=1S/C13H15NO2/c1-16-7-6-13(15)11-8-10-4-2-3-5-12(10)14-9-11/h2-5,8-9,13,15H,6-7H2,1H3. The highest BCUT2D eigenvalue weighted by molar-refractivity contribution is 5.78. The van der Waals surface area contributed by atoms with E-state index in [1.54, 1.807) is 13.3 Å². The molecule has 1 unspecified atom stereocenters. The van der Waals surface area contributed by atoms with Gasteiger partial charge in [-0.1, -0.05) is 18.2 Å². The zero-order valence-corrected chi connectivity index (χ0v) is 9.26. The molecule has 1 aromatic carbocycles. The van der Waals surface area contributed by atoms with Crippen LogP contribution in [0.25, 0.3) is 10.9 Å². The van der Waals surface area contributed by atoms with Gasteiger partial charge in [-0.25, -0.2) is 0 Å². The van der Waals surface area contributed by atoms with Crippen LogP contribution in [0.4, 0.5) is 0 Å². The summed E-state index contributed by atoms with van der Waals surface area (Å²) in [5.74, 6) is 0. The number of pyridine rings is 1. The summed E-state index contributed by atoms with van der Waals surface area (Å²) in [5, 5.41) is 10.9. The number of nitrogens with zero attached hydrogens (tertiary/aromatic N) is 1. The number of fused-ring (bicyclic) bond motifs is 1. The molecule has 1 atom stereocenters. The Balaban J connectivity index is 2.25. The molecule has 2 aromatic rings. The highest BCUT2D eigenvalue weighted by Crippen LogP contribution is 2.20. The number of rotatable bonds is 4. The van der Waals surface area contributed by atoms with Crippen LogP contribution in [0.3, 0.4) is 0 Å². The Hall–Kier alpha value is -1.45. The fourth-order valence-corrected chi connectivity index (χ4v) is 1.67. The Labute approximate surface area is 94.7 Å². The van der Waals surface area contributed by atoms with E-state index < -0.39 is 6.10 Å². The highest BCUT2D eigenvalue weighted by atomic mass is 16.5. The Morgan fingerprint density at radius 2 is 2.19 bits per heavy atom. The molecule has 16 heavy (non-hydrogen) atoms. The molecule has 0 fully saturated rings. The van der Waals surface area contributed by atoms with E-state index in [1.807, 2.05) is 30.3 Å². The van der Waals surface area contributed by atoms with Gasteiger partial charge in [0.05, 0.1) is 11.6 Å². The third kappa shape index (κ3) is 2.38. The fraction of sp³-hybridized carbons (Fsp3) is 0.308. The van der Waals surface area contributed by atoms with Crippen molar-refractivity contribution in [2.75, 3.05) is 13.7 Å². The van der Waals surface area contributed by atoms with Gasteiger partial charge in [0.15, 0.2) is 0 Å². The van der Waals surface area contributed by atoms with E-state index in [0.29, 0.717) is 13.0 Å². The van der Waals surface area contributed by atoms with Gasteiger partial charge in [-0.15, -0.1) is 0 Å². The van der Waals surface area contributed by atoms with Crippen LogP contribution in [0.5, 0.6) is 0 Å². The topological polar surface area (TPSA) is 42.4 Å². The molecule has 0 amide bonds. The van der Waals surface area contributed by atoms with Crippen molar-refractivity contribution in [3.63, 3.8) is 0 Å². The summed E-state index contributed by atoms with van der Waals surface area (Å²) in [7, 11) is 1.63. The molecule has 1 heterocycles. The summed E-state index contributed by atoms with van der Waals surface area (Å²) >= 11 is 0. The fourth-order valence-electron chi connectivity index (χ4n) is 1.67. The molecule has 0 saturated carbocycles. The van der Waals surface area contributed by atoms with E-state index >= 15 is 0 Å². The third-order valence-corrected chi connectivity index (χ3v) is 2.59. The molecular weight excluding hydrogens is 202 g/mol. The molecule has 0 spiro atoms. The molecule has 3 heteroatoms. The van der Waals surface area contributed by atoms with Crippen molar-refractivity contribution < 1.29 is 9.84 Å². The van der Waals surface area contributed by atoms with Crippen LogP contribution in [-0.4, -0.2) is 23.8 Å². The van der Waals surface area contributed by atoms with Crippen molar-refractivity contribution in [1.29, 1.82) is 0 Å². The quantitative estimate of drug-likeness (QED) is 0.854. The Kier molecular flexibility index (Phi) is 3.49. The second-order valence-electron chi connectivity index (χ2n) is 3.76. The smallest absolute Gasteiger partial charge is 0.0827 e. The number of ether oxygens (including phenoxy) is 1. The zero-order valence-electron chi connectivity index (χ0n) is 9.26. The first-order chi connectivity index (χ1) is 7.81. The first-order valence-electron chi connectivity index (χ1n) is 5.33.